The lowest BCUT2D eigenvalue weighted by atomic mass is 9.87. The second-order valence-corrected chi connectivity index (χ2v) is 4.98. The van der Waals surface area contributed by atoms with E-state index >= 15 is 0 Å². The highest BCUT2D eigenvalue weighted by molar-refractivity contribution is 5.02. The lowest BCUT2D eigenvalue weighted by molar-refractivity contribution is 0.324. The molecule has 1 saturated carbocycles. The van der Waals surface area contributed by atoms with Gasteiger partial charge in [0.25, 0.3) is 0 Å². The second kappa shape index (κ2) is 6.09. The van der Waals surface area contributed by atoms with E-state index in [0.29, 0.717) is 6.04 Å². The zero-order valence-corrected chi connectivity index (χ0v) is 10.2. The van der Waals surface area contributed by atoms with Crippen molar-refractivity contribution in [3.05, 3.63) is 24.2 Å². The summed E-state index contributed by atoms with van der Waals surface area (Å²) in [5, 5.41) is 3.54. The first-order chi connectivity index (χ1) is 7.86. The summed E-state index contributed by atoms with van der Waals surface area (Å²) >= 11 is 0. The molecule has 0 aliphatic heterocycles. The van der Waals surface area contributed by atoms with Crippen LogP contribution in [0, 0.1) is 5.92 Å². The predicted octanol–water partition coefficient (Wildman–Crippen LogP) is 3.90. The molecule has 0 spiro atoms. The second-order valence-electron chi connectivity index (χ2n) is 4.98. The van der Waals surface area contributed by atoms with Crippen LogP contribution in [0.5, 0.6) is 0 Å². The lowest BCUT2D eigenvalue weighted by Crippen LogP contribution is -2.22. The summed E-state index contributed by atoms with van der Waals surface area (Å²) in [6, 6.07) is 4.34. The van der Waals surface area contributed by atoms with E-state index in [4.69, 9.17) is 4.42 Å². The van der Waals surface area contributed by atoms with Crippen LogP contribution in [-0.2, 0) is 0 Å². The van der Waals surface area contributed by atoms with Crippen molar-refractivity contribution in [3.8, 4) is 0 Å². The molecule has 1 N–H and O–H groups in total. The number of hydrogen-bond donors (Lipinski definition) is 1. The molecule has 1 heterocycles. The number of furan rings is 1. The summed E-state index contributed by atoms with van der Waals surface area (Å²) in [6.07, 6.45) is 10.3. The molecule has 1 aliphatic carbocycles. The first-order valence-electron chi connectivity index (χ1n) is 6.63. The summed E-state index contributed by atoms with van der Waals surface area (Å²) in [4.78, 5) is 0. The van der Waals surface area contributed by atoms with Crippen LogP contribution in [-0.4, -0.2) is 6.54 Å². The van der Waals surface area contributed by atoms with Gasteiger partial charge in [-0.2, -0.15) is 0 Å². The van der Waals surface area contributed by atoms with Gasteiger partial charge < -0.3 is 9.73 Å². The molecule has 2 heteroatoms. The van der Waals surface area contributed by atoms with E-state index in [1.165, 1.54) is 38.5 Å². The highest BCUT2D eigenvalue weighted by atomic mass is 16.3. The van der Waals surface area contributed by atoms with Gasteiger partial charge in [0.05, 0.1) is 12.3 Å². The van der Waals surface area contributed by atoms with Gasteiger partial charge in [-0.05, 0) is 37.9 Å². The Kier molecular flexibility index (Phi) is 4.46. The van der Waals surface area contributed by atoms with Crippen molar-refractivity contribution < 1.29 is 4.42 Å². The van der Waals surface area contributed by atoms with Crippen molar-refractivity contribution in [1.82, 2.24) is 5.32 Å². The minimum absolute atomic E-state index is 0.346. The van der Waals surface area contributed by atoms with Crippen LogP contribution in [0.3, 0.4) is 0 Å². The Morgan fingerprint density at radius 3 is 2.88 bits per heavy atom. The van der Waals surface area contributed by atoms with Crippen molar-refractivity contribution in [1.29, 1.82) is 0 Å². The normalized spacial score (nSPS) is 19.8. The Bertz CT molecular complexity index is 275. The summed E-state index contributed by atoms with van der Waals surface area (Å²) in [5.74, 6) is 2.01. The third-order valence-electron chi connectivity index (χ3n) is 3.70. The fourth-order valence-corrected chi connectivity index (χ4v) is 2.62. The molecule has 1 aromatic heterocycles. The topological polar surface area (TPSA) is 25.2 Å². The molecular formula is C14H23NO. The third kappa shape index (κ3) is 3.38. The average molecular weight is 221 g/mol. The highest BCUT2D eigenvalue weighted by Gasteiger charge is 2.13. The van der Waals surface area contributed by atoms with Gasteiger partial charge in [-0.15, -0.1) is 0 Å². The summed E-state index contributed by atoms with van der Waals surface area (Å²) in [6.45, 7) is 3.28. The van der Waals surface area contributed by atoms with Crippen LogP contribution in [0.2, 0.25) is 0 Å². The molecule has 0 amide bonds. The molecule has 1 atom stereocenters. The van der Waals surface area contributed by atoms with Crippen LogP contribution in [0.25, 0.3) is 0 Å². The van der Waals surface area contributed by atoms with Gasteiger partial charge >= 0.3 is 0 Å². The summed E-state index contributed by atoms with van der Waals surface area (Å²) < 4.78 is 5.38. The van der Waals surface area contributed by atoms with E-state index < -0.39 is 0 Å². The molecule has 0 aromatic carbocycles. The van der Waals surface area contributed by atoms with Crippen molar-refractivity contribution in [2.75, 3.05) is 6.54 Å². The van der Waals surface area contributed by atoms with Gasteiger partial charge in [-0.3, -0.25) is 0 Å². The first-order valence-corrected chi connectivity index (χ1v) is 6.63. The van der Waals surface area contributed by atoms with Crippen molar-refractivity contribution in [3.63, 3.8) is 0 Å². The Morgan fingerprint density at radius 1 is 1.38 bits per heavy atom. The largest absolute Gasteiger partial charge is 0.468 e. The Labute approximate surface area is 98.4 Å². The van der Waals surface area contributed by atoms with E-state index in [1.807, 2.05) is 12.1 Å². The molecule has 1 aliphatic rings. The Morgan fingerprint density at radius 2 is 2.19 bits per heavy atom. The maximum atomic E-state index is 5.38. The van der Waals surface area contributed by atoms with Gasteiger partial charge in [0.15, 0.2) is 0 Å². The smallest absolute Gasteiger partial charge is 0.120 e. The monoisotopic (exact) mass is 221 g/mol. The molecule has 1 fully saturated rings. The van der Waals surface area contributed by atoms with Crippen LogP contribution in [0.15, 0.2) is 22.8 Å². The number of rotatable bonds is 5. The molecule has 0 unspecified atom stereocenters. The standard InChI is InChI=1S/C14H23NO/c1-12(14-8-5-11-16-14)15-10-9-13-6-3-2-4-7-13/h5,8,11-13,15H,2-4,6-7,9-10H2,1H3/t12-/m1/s1. The molecule has 2 nitrogen and oxygen atoms in total. The van der Waals surface area contributed by atoms with Gasteiger partial charge in [0.1, 0.15) is 5.76 Å². The summed E-state index contributed by atoms with van der Waals surface area (Å²) in [7, 11) is 0. The van der Waals surface area contributed by atoms with Crippen LogP contribution in [0.4, 0.5) is 0 Å². The molecule has 1 aromatic rings. The average Bonchev–Trinajstić information content (AvgIpc) is 2.84. The molecular weight excluding hydrogens is 198 g/mol. The molecule has 0 bridgehead atoms. The molecule has 0 saturated heterocycles. The van der Waals surface area contributed by atoms with Gasteiger partial charge in [0, 0.05) is 0 Å². The van der Waals surface area contributed by atoms with Crippen LogP contribution >= 0.6 is 0 Å². The zero-order valence-electron chi connectivity index (χ0n) is 10.2. The maximum Gasteiger partial charge on any atom is 0.120 e. The van der Waals surface area contributed by atoms with Crippen LogP contribution in [0.1, 0.15) is 57.3 Å². The van der Waals surface area contributed by atoms with E-state index in [1.54, 1.807) is 6.26 Å². The predicted molar refractivity (Wildman–Crippen MR) is 66.3 cm³/mol. The quantitative estimate of drug-likeness (QED) is 0.815. The zero-order chi connectivity index (χ0) is 11.2. The molecule has 90 valence electrons. The molecule has 16 heavy (non-hydrogen) atoms. The fourth-order valence-electron chi connectivity index (χ4n) is 2.62. The highest BCUT2D eigenvalue weighted by Crippen LogP contribution is 2.26. The van der Waals surface area contributed by atoms with Gasteiger partial charge in [-0.25, -0.2) is 0 Å². The summed E-state index contributed by atoms with van der Waals surface area (Å²) in [5.41, 5.74) is 0. The minimum Gasteiger partial charge on any atom is -0.468 e. The SMILES string of the molecule is C[C@@H](NCCC1CCCCC1)c1ccco1. The third-order valence-corrected chi connectivity index (χ3v) is 3.70. The minimum atomic E-state index is 0.346. The fraction of sp³-hybridized carbons (Fsp3) is 0.714. The van der Waals surface area contributed by atoms with E-state index in [9.17, 15) is 0 Å². The Balaban J connectivity index is 1.63. The van der Waals surface area contributed by atoms with Crippen LogP contribution < -0.4 is 5.32 Å². The lowest BCUT2D eigenvalue weighted by Gasteiger charge is -2.22. The first kappa shape index (κ1) is 11.7. The maximum absolute atomic E-state index is 5.38. The van der Waals surface area contributed by atoms with E-state index in [0.717, 1.165) is 18.2 Å². The van der Waals surface area contributed by atoms with Crippen molar-refractivity contribution >= 4 is 0 Å². The van der Waals surface area contributed by atoms with Gasteiger partial charge in [-0.1, -0.05) is 32.1 Å². The van der Waals surface area contributed by atoms with E-state index in [2.05, 4.69) is 12.2 Å². The number of nitrogens with one attached hydrogen (secondary N) is 1. The number of hydrogen-bond acceptors (Lipinski definition) is 2. The van der Waals surface area contributed by atoms with E-state index in [-0.39, 0.29) is 0 Å². The van der Waals surface area contributed by atoms with Gasteiger partial charge in [0.2, 0.25) is 0 Å². The molecule has 2 rings (SSSR count). The van der Waals surface area contributed by atoms with Crippen molar-refractivity contribution in [2.24, 2.45) is 5.92 Å². The Hall–Kier alpha value is -0.760. The van der Waals surface area contributed by atoms with Crippen molar-refractivity contribution in [2.45, 2.75) is 51.5 Å². The molecule has 0 radical (unpaired) electrons.